The van der Waals surface area contributed by atoms with E-state index in [1.54, 1.807) is 0 Å². The van der Waals surface area contributed by atoms with Crippen molar-refractivity contribution in [1.82, 2.24) is 0 Å². The minimum atomic E-state index is -0.175. The van der Waals surface area contributed by atoms with Gasteiger partial charge in [-0.05, 0) is 111 Å². The summed E-state index contributed by atoms with van der Waals surface area (Å²) in [4.78, 5) is 12.9. The van der Waals surface area contributed by atoms with Gasteiger partial charge >= 0.3 is 0 Å². The second kappa shape index (κ2) is 6.73. The number of carbonyl (C=O) groups excluding carboxylic acids is 1. The van der Waals surface area contributed by atoms with Gasteiger partial charge < -0.3 is 0 Å². The molecule has 5 aliphatic carbocycles. The number of ketones is 1. The lowest BCUT2D eigenvalue weighted by Crippen LogP contribution is -2.66. The van der Waals surface area contributed by atoms with E-state index in [4.69, 9.17) is 0 Å². The van der Waals surface area contributed by atoms with Crippen LogP contribution in [0.3, 0.4) is 0 Å². The summed E-state index contributed by atoms with van der Waals surface area (Å²) in [6.45, 7) is 18.9. The van der Waals surface area contributed by atoms with Crippen LogP contribution in [0, 0.1) is 68.0 Å². The van der Waals surface area contributed by atoms with Gasteiger partial charge in [0.15, 0.2) is 0 Å². The van der Waals surface area contributed by atoms with Gasteiger partial charge in [0.05, 0.1) is 11.5 Å². The van der Waals surface area contributed by atoms with Crippen LogP contribution in [-0.2, 0) is 4.79 Å². The molecule has 5 fully saturated rings. The number of fused-ring (bicyclic) bond motifs is 7. The second-order valence-electron chi connectivity index (χ2n) is 14.1. The van der Waals surface area contributed by atoms with E-state index in [0.29, 0.717) is 46.2 Å². The lowest BCUT2D eigenvalue weighted by Gasteiger charge is -2.72. The lowest BCUT2D eigenvalue weighted by molar-refractivity contribution is -0.229. The number of rotatable bonds is 1. The average Bonchev–Trinajstić information content (AvgIpc) is 3.12. The normalized spacial score (nSPS) is 53.9. The highest BCUT2D eigenvalue weighted by Crippen LogP contribution is 2.77. The van der Waals surface area contributed by atoms with Crippen LogP contribution in [0.15, 0.2) is 12.2 Å². The predicted molar refractivity (Wildman–Crippen MR) is 130 cm³/mol. The van der Waals surface area contributed by atoms with E-state index in [9.17, 15) is 10.1 Å². The van der Waals surface area contributed by atoms with Crippen LogP contribution < -0.4 is 0 Å². The number of nitriles is 1. The smallest absolute Gasteiger partial charge is 0.138 e. The van der Waals surface area contributed by atoms with E-state index >= 15 is 0 Å². The molecular weight excluding hydrogens is 390 g/mol. The maximum atomic E-state index is 12.9. The van der Waals surface area contributed by atoms with Crippen molar-refractivity contribution < 1.29 is 4.79 Å². The Morgan fingerprint density at radius 1 is 0.906 bits per heavy atom. The first-order valence-electron chi connectivity index (χ1n) is 13.5. The van der Waals surface area contributed by atoms with Crippen LogP contribution >= 0.6 is 0 Å². The first-order valence-corrected chi connectivity index (χ1v) is 13.5. The molecule has 176 valence electrons. The Labute approximate surface area is 196 Å². The van der Waals surface area contributed by atoms with E-state index in [2.05, 4.69) is 54.2 Å². The molecule has 2 nitrogen and oxygen atoms in total. The minimum Gasteiger partial charge on any atom is -0.299 e. The molecule has 0 bridgehead atoms. The van der Waals surface area contributed by atoms with E-state index in [1.165, 1.54) is 37.7 Å². The second-order valence-corrected chi connectivity index (χ2v) is 14.1. The monoisotopic (exact) mass is 435 g/mol. The largest absolute Gasteiger partial charge is 0.299 e. The average molecular weight is 436 g/mol. The zero-order chi connectivity index (χ0) is 23.3. The summed E-state index contributed by atoms with van der Waals surface area (Å²) in [6, 6.07) is 2.89. The van der Waals surface area contributed by atoms with Gasteiger partial charge in [-0.3, -0.25) is 4.79 Å². The van der Waals surface area contributed by atoms with Crippen LogP contribution in [0.25, 0.3) is 0 Å². The van der Waals surface area contributed by atoms with Crippen LogP contribution in [0.5, 0.6) is 0 Å². The maximum Gasteiger partial charge on any atom is 0.138 e. The Hall–Kier alpha value is -1.10. The number of hydrogen-bond acceptors (Lipinski definition) is 2. The molecule has 0 amide bonds. The number of nitrogens with zero attached hydrogens (tertiary/aromatic N) is 1. The highest BCUT2D eigenvalue weighted by atomic mass is 16.1. The third-order valence-electron chi connectivity index (χ3n) is 13.0. The van der Waals surface area contributed by atoms with Crippen molar-refractivity contribution in [3.05, 3.63) is 12.2 Å². The topological polar surface area (TPSA) is 40.9 Å². The van der Waals surface area contributed by atoms with Gasteiger partial charge in [0.1, 0.15) is 5.78 Å². The fourth-order valence-corrected chi connectivity index (χ4v) is 11.1. The summed E-state index contributed by atoms with van der Waals surface area (Å²) in [5.74, 6) is 3.37. The molecular formula is C30H45NO. The first kappa shape index (κ1) is 22.7. The van der Waals surface area contributed by atoms with Gasteiger partial charge in [-0.15, -0.1) is 0 Å². The molecule has 32 heavy (non-hydrogen) atoms. The molecule has 5 saturated carbocycles. The number of carbonyl (C=O) groups is 1. The Morgan fingerprint density at radius 3 is 2.28 bits per heavy atom. The Kier molecular flexibility index (Phi) is 4.77. The Balaban J connectivity index is 1.57. The number of allylic oxidation sites excluding steroid dienone is 1. The SMILES string of the molecule is C=C(C)[C@@H]1CC[C@]2(C#N)CC[C@]3(C)[C@H](CC[C@@H]4[C@@]5(C)CCC(=O)C(C)(C)[C@@H]5CC[C@]43C)[C@@H]12. The summed E-state index contributed by atoms with van der Waals surface area (Å²) >= 11 is 0. The Bertz CT molecular complexity index is 895. The zero-order valence-electron chi connectivity index (χ0n) is 21.5. The summed E-state index contributed by atoms with van der Waals surface area (Å²) in [6.07, 6.45) is 11.4. The predicted octanol–water partition coefficient (Wildman–Crippen LogP) is 7.74. The molecule has 2 heteroatoms. The van der Waals surface area contributed by atoms with Gasteiger partial charge in [0, 0.05) is 11.8 Å². The number of hydrogen-bond donors (Lipinski definition) is 0. The van der Waals surface area contributed by atoms with Crippen LogP contribution in [-0.4, -0.2) is 5.78 Å². The molecule has 0 heterocycles. The Morgan fingerprint density at radius 2 is 1.62 bits per heavy atom. The van der Waals surface area contributed by atoms with Crippen molar-refractivity contribution in [3.63, 3.8) is 0 Å². The van der Waals surface area contributed by atoms with Crippen LogP contribution in [0.4, 0.5) is 0 Å². The zero-order valence-corrected chi connectivity index (χ0v) is 21.5. The van der Waals surface area contributed by atoms with Crippen molar-refractivity contribution in [3.8, 4) is 6.07 Å². The maximum absolute atomic E-state index is 12.9. The van der Waals surface area contributed by atoms with Gasteiger partial charge in [-0.25, -0.2) is 0 Å². The standard InChI is InChI=1S/C30H45NO/c1-19(2)20-10-15-30(18-31)17-16-28(6)21(25(20)30)8-9-23-27(5)13-12-24(32)26(3,4)22(27)11-14-29(23,28)7/h20-23,25H,1,8-17H2,2-7H3/t20-,21+,22-,23+,25+,27-,28+,29+,30+/m0/s1. The molecule has 0 N–H and O–H groups in total. The van der Waals surface area contributed by atoms with E-state index in [1.807, 2.05) is 0 Å². The molecule has 0 aromatic heterocycles. The van der Waals surface area contributed by atoms with Crippen molar-refractivity contribution >= 4 is 5.78 Å². The van der Waals surface area contributed by atoms with E-state index in [-0.39, 0.29) is 16.2 Å². The van der Waals surface area contributed by atoms with Crippen LogP contribution in [0.1, 0.15) is 106 Å². The quantitative estimate of drug-likeness (QED) is 0.395. The third kappa shape index (κ3) is 2.50. The van der Waals surface area contributed by atoms with Gasteiger partial charge in [0.2, 0.25) is 0 Å². The van der Waals surface area contributed by atoms with Gasteiger partial charge in [-0.1, -0.05) is 46.8 Å². The third-order valence-corrected chi connectivity index (χ3v) is 13.0. The highest BCUT2D eigenvalue weighted by Gasteiger charge is 2.71. The first-order chi connectivity index (χ1) is 14.9. The molecule has 0 aromatic rings. The molecule has 5 aliphatic rings. The van der Waals surface area contributed by atoms with E-state index in [0.717, 1.165) is 32.1 Å². The lowest BCUT2D eigenvalue weighted by atomic mass is 9.32. The molecule has 0 spiro atoms. The van der Waals surface area contributed by atoms with Crippen molar-refractivity contribution in [2.75, 3.05) is 0 Å². The summed E-state index contributed by atoms with van der Waals surface area (Å²) in [7, 11) is 0. The molecule has 0 aromatic carbocycles. The fourth-order valence-electron chi connectivity index (χ4n) is 11.1. The van der Waals surface area contributed by atoms with Crippen molar-refractivity contribution in [2.24, 2.45) is 56.7 Å². The highest BCUT2D eigenvalue weighted by molar-refractivity contribution is 5.85. The molecule has 0 radical (unpaired) electrons. The summed E-state index contributed by atoms with van der Waals surface area (Å²) < 4.78 is 0. The molecule has 0 unspecified atom stereocenters. The van der Waals surface area contributed by atoms with Gasteiger partial charge in [-0.2, -0.15) is 5.26 Å². The minimum absolute atomic E-state index is 0.114. The van der Waals surface area contributed by atoms with Crippen molar-refractivity contribution in [2.45, 2.75) is 106 Å². The fraction of sp³-hybridized carbons (Fsp3) is 0.867. The molecule has 0 aliphatic heterocycles. The van der Waals surface area contributed by atoms with Crippen molar-refractivity contribution in [1.29, 1.82) is 5.26 Å². The summed E-state index contributed by atoms with van der Waals surface area (Å²) in [5.41, 5.74) is 1.89. The van der Waals surface area contributed by atoms with E-state index < -0.39 is 0 Å². The number of Topliss-reactive ketones (excluding diaryl/α,β-unsaturated/α-hetero) is 1. The molecule has 0 saturated heterocycles. The summed E-state index contributed by atoms with van der Waals surface area (Å²) in [5, 5.41) is 10.4. The molecule has 9 atom stereocenters. The van der Waals surface area contributed by atoms with Crippen LogP contribution in [0.2, 0.25) is 0 Å². The molecule has 5 rings (SSSR count). The van der Waals surface area contributed by atoms with Gasteiger partial charge in [0.25, 0.3) is 0 Å².